The van der Waals surface area contributed by atoms with Gasteiger partial charge in [-0.25, -0.2) is 8.42 Å². The summed E-state index contributed by atoms with van der Waals surface area (Å²) < 4.78 is 44.3. The van der Waals surface area contributed by atoms with Crippen molar-refractivity contribution in [2.45, 2.75) is 4.90 Å². The standard InChI is InChI=1S/C20H17NO5S/c1-24-19-10-8-14(12-20(19)25-2)27(22,23)21-13-7-9-18-16(11-13)15-5-3-4-6-17(15)26-18/h3-12,21H,1-2H3. The first-order valence-electron chi connectivity index (χ1n) is 8.18. The van der Waals surface area contributed by atoms with E-state index in [1.807, 2.05) is 24.3 Å². The third-order valence-electron chi connectivity index (χ3n) is 4.29. The average Bonchev–Trinajstić information content (AvgIpc) is 3.05. The first kappa shape index (κ1) is 17.2. The summed E-state index contributed by atoms with van der Waals surface area (Å²) in [5, 5.41) is 1.78. The van der Waals surface area contributed by atoms with E-state index < -0.39 is 10.0 Å². The summed E-state index contributed by atoms with van der Waals surface area (Å²) in [7, 11) is -0.839. The third-order valence-corrected chi connectivity index (χ3v) is 5.67. The molecule has 0 saturated carbocycles. The summed E-state index contributed by atoms with van der Waals surface area (Å²) in [5.41, 5.74) is 1.90. The zero-order valence-electron chi connectivity index (χ0n) is 14.7. The lowest BCUT2D eigenvalue weighted by Gasteiger charge is -2.11. The molecule has 0 aliphatic carbocycles. The molecule has 0 saturated heterocycles. The van der Waals surface area contributed by atoms with Crippen molar-refractivity contribution in [2.24, 2.45) is 0 Å². The van der Waals surface area contributed by atoms with Crippen LogP contribution >= 0.6 is 0 Å². The number of rotatable bonds is 5. The summed E-state index contributed by atoms with van der Waals surface area (Å²) in [6.45, 7) is 0. The van der Waals surface area contributed by atoms with E-state index in [2.05, 4.69) is 4.72 Å². The topological polar surface area (TPSA) is 77.8 Å². The van der Waals surface area contributed by atoms with Crippen LogP contribution in [0, 0.1) is 0 Å². The van der Waals surface area contributed by atoms with Gasteiger partial charge in [-0.2, -0.15) is 0 Å². The van der Waals surface area contributed by atoms with E-state index in [4.69, 9.17) is 13.9 Å². The summed E-state index contributed by atoms with van der Waals surface area (Å²) >= 11 is 0. The Morgan fingerprint density at radius 2 is 1.56 bits per heavy atom. The summed E-state index contributed by atoms with van der Waals surface area (Å²) in [6.07, 6.45) is 0. The van der Waals surface area contributed by atoms with Crippen LogP contribution in [0.5, 0.6) is 11.5 Å². The van der Waals surface area contributed by atoms with Gasteiger partial charge in [0.05, 0.1) is 19.1 Å². The van der Waals surface area contributed by atoms with Gasteiger partial charge in [-0.05, 0) is 36.4 Å². The van der Waals surface area contributed by atoms with Gasteiger partial charge in [0, 0.05) is 22.5 Å². The maximum atomic E-state index is 12.8. The Kier molecular flexibility index (Phi) is 4.16. The van der Waals surface area contributed by atoms with Crippen molar-refractivity contribution in [3.05, 3.63) is 60.7 Å². The van der Waals surface area contributed by atoms with Crippen molar-refractivity contribution in [3.63, 3.8) is 0 Å². The van der Waals surface area contributed by atoms with Gasteiger partial charge in [-0.3, -0.25) is 4.72 Å². The van der Waals surface area contributed by atoms with Crippen LogP contribution in [-0.2, 0) is 10.0 Å². The molecule has 1 aromatic heterocycles. The molecule has 6 nitrogen and oxygen atoms in total. The summed E-state index contributed by atoms with van der Waals surface area (Å²) in [4.78, 5) is 0.0808. The summed E-state index contributed by atoms with van der Waals surface area (Å²) in [6, 6.07) is 17.3. The number of hydrogen-bond acceptors (Lipinski definition) is 5. The fourth-order valence-corrected chi connectivity index (χ4v) is 4.05. The van der Waals surface area contributed by atoms with Crippen molar-refractivity contribution in [1.29, 1.82) is 0 Å². The second kappa shape index (κ2) is 6.51. The Morgan fingerprint density at radius 1 is 0.815 bits per heavy atom. The number of fused-ring (bicyclic) bond motifs is 3. The van der Waals surface area contributed by atoms with Crippen molar-refractivity contribution in [3.8, 4) is 11.5 Å². The van der Waals surface area contributed by atoms with Crippen LogP contribution in [0.15, 0.2) is 70.0 Å². The fraction of sp³-hybridized carbons (Fsp3) is 0.100. The molecule has 0 radical (unpaired) electrons. The van der Waals surface area contributed by atoms with Gasteiger partial charge in [0.15, 0.2) is 11.5 Å². The summed E-state index contributed by atoms with van der Waals surface area (Å²) in [5.74, 6) is 0.805. The number of hydrogen-bond donors (Lipinski definition) is 1. The van der Waals surface area contributed by atoms with Crippen molar-refractivity contribution < 1.29 is 22.3 Å². The van der Waals surface area contributed by atoms with E-state index >= 15 is 0 Å². The highest BCUT2D eigenvalue weighted by Crippen LogP contribution is 2.33. The van der Waals surface area contributed by atoms with Crippen molar-refractivity contribution >= 4 is 37.6 Å². The molecule has 0 aliphatic rings. The molecule has 0 unspecified atom stereocenters. The number of ether oxygens (including phenoxy) is 2. The predicted molar refractivity (Wildman–Crippen MR) is 104 cm³/mol. The number of anilines is 1. The lowest BCUT2D eigenvalue weighted by atomic mass is 10.1. The Balaban J connectivity index is 1.73. The lowest BCUT2D eigenvalue weighted by molar-refractivity contribution is 0.354. The normalized spacial score (nSPS) is 11.6. The Morgan fingerprint density at radius 3 is 2.33 bits per heavy atom. The molecular weight excluding hydrogens is 366 g/mol. The molecular formula is C20H17NO5S. The van der Waals surface area contributed by atoms with Crippen LogP contribution in [0.1, 0.15) is 0 Å². The van der Waals surface area contributed by atoms with Gasteiger partial charge < -0.3 is 13.9 Å². The van der Waals surface area contributed by atoms with E-state index in [0.717, 1.165) is 16.4 Å². The molecule has 4 aromatic rings. The van der Waals surface area contributed by atoms with Crippen LogP contribution in [0.4, 0.5) is 5.69 Å². The molecule has 0 atom stereocenters. The minimum absolute atomic E-state index is 0.0808. The monoisotopic (exact) mass is 383 g/mol. The van der Waals surface area contributed by atoms with E-state index in [9.17, 15) is 8.42 Å². The number of methoxy groups -OCH3 is 2. The van der Waals surface area contributed by atoms with Gasteiger partial charge in [0.25, 0.3) is 10.0 Å². The zero-order valence-corrected chi connectivity index (χ0v) is 15.5. The molecule has 1 N–H and O–H groups in total. The fourth-order valence-electron chi connectivity index (χ4n) is 2.99. The van der Waals surface area contributed by atoms with Gasteiger partial charge in [-0.1, -0.05) is 18.2 Å². The molecule has 3 aromatic carbocycles. The Labute approximate surface area is 156 Å². The minimum Gasteiger partial charge on any atom is -0.493 e. The number of benzene rings is 3. The predicted octanol–water partition coefficient (Wildman–Crippen LogP) is 4.40. The van der Waals surface area contributed by atoms with Crippen LogP contribution in [0.2, 0.25) is 0 Å². The number of furan rings is 1. The average molecular weight is 383 g/mol. The second-order valence-corrected chi connectivity index (χ2v) is 7.61. The Bertz CT molecular complexity index is 1240. The molecule has 0 aliphatic heterocycles. The third kappa shape index (κ3) is 3.06. The molecule has 27 heavy (non-hydrogen) atoms. The number of para-hydroxylation sites is 1. The first-order valence-corrected chi connectivity index (χ1v) is 9.66. The highest BCUT2D eigenvalue weighted by Gasteiger charge is 2.18. The molecule has 0 bridgehead atoms. The molecule has 4 rings (SSSR count). The largest absolute Gasteiger partial charge is 0.493 e. The molecule has 0 amide bonds. The highest BCUT2D eigenvalue weighted by atomic mass is 32.2. The second-order valence-electron chi connectivity index (χ2n) is 5.93. The van der Waals surface area contributed by atoms with Crippen LogP contribution in [0.25, 0.3) is 21.9 Å². The molecule has 0 fully saturated rings. The van der Waals surface area contributed by atoms with E-state index in [0.29, 0.717) is 22.8 Å². The SMILES string of the molecule is COc1ccc(S(=O)(=O)Nc2ccc3oc4ccccc4c3c2)cc1OC. The minimum atomic E-state index is -3.79. The lowest BCUT2D eigenvalue weighted by Crippen LogP contribution is -2.13. The smallest absolute Gasteiger partial charge is 0.262 e. The van der Waals surface area contributed by atoms with Crippen molar-refractivity contribution in [2.75, 3.05) is 18.9 Å². The van der Waals surface area contributed by atoms with Gasteiger partial charge >= 0.3 is 0 Å². The van der Waals surface area contributed by atoms with Gasteiger partial charge in [0.2, 0.25) is 0 Å². The quantitative estimate of drug-likeness (QED) is 0.552. The maximum Gasteiger partial charge on any atom is 0.262 e. The number of nitrogens with one attached hydrogen (secondary N) is 1. The van der Waals surface area contributed by atoms with Gasteiger partial charge in [0.1, 0.15) is 11.2 Å². The maximum absolute atomic E-state index is 12.8. The van der Waals surface area contributed by atoms with Crippen LogP contribution in [-0.4, -0.2) is 22.6 Å². The molecule has 7 heteroatoms. The van der Waals surface area contributed by atoms with Gasteiger partial charge in [-0.15, -0.1) is 0 Å². The zero-order chi connectivity index (χ0) is 19.0. The molecule has 0 spiro atoms. The first-order chi connectivity index (χ1) is 13.0. The van der Waals surface area contributed by atoms with Crippen LogP contribution < -0.4 is 14.2 Å². The van der Waals surface area contributed by atoms with Crippen molar-refractivity contribution in [1.82, 2.24) is 0 Å². The van der Waals surface area contributed by atoms with Crippen LogP contribution in [0.3, 0.4) is 0 Å². The highest BCUT2D eigenvalue weighted by molar-refractivity contribution is 7.92. The molecule has 1 heterocycles. The van der Waals surface area contributed by atoms with E-state index in [1.165, 1.54) is 26.4 Å². The Hall–Kier alpha value is -3.19. The number of sulfonamides is 1. The van der Waals surface area contributed by atoms with E-state index in [1.54, 1.807) is 24.3 Å². The van der Waals surface area contributed by atoms with E-state index in [-0.39, 0.29) is 4.90 Å². The molecule has 138 valence electrons.